The number of nitrogens with one attached hydrogen (secondary N) is 1. The second-order valence-corrected chi connectivity index (χ2v) is 4.22. The monoisotopic (exact) mass is 234 g/mol. The van der Waals surface area contributed by atoms with Gasteiger partial charge < -0.3 is 10.5 Å². The summed E-state index contributed by atoms with van der Waals surface area (Å²) in [6.45, 7) is 2.82. The van der Waals surface area contributed by atoms with E-state index in [1.165, 1.54) is 18.4 Å². The molecule has 0 fully saturated rings. The molecule has 0 aliphatic heterocycles. The maximum atomic E-state index is 7.09. The Labute approximate surface area is 103 Å². The largest absolute Gasteiger partial charge is 0.494 e. The first kappa shape index (κ1) is 13.6. The standard InChI is InChI=1S/C14H22N2O/c1-2-3-5-12-7-9-13(10-8-12)17-11-4-6-14(15)16/h7-10H,2-6,11H2,1H3,(H3,15,16). The van der Waals surface area contributed by atoms with Crippen molar-refractivity contribution in [1.29, 1.82) is 5.41 Å². The summed E-state index contributed by atoms with van der Waals surface area (Å²) >= 11 is 0. The van der Waals surface area contributed by atoms with Gasteiger partial charge in [0.1, 0.15) is 5.75 Å². The molecule has 94 valence electrons. The molecule has 1 aromatic carbocycles. The lowest BCUT2D eigenvalue weighted by atomic mass is 10.1. The zero-order valence-corrected chi connectivity index (χ0v) is 10.5. The van der Waals surface area contributed by atoms with Gasteiger partial charge in [0.05, 0.1) is 12.4 Å². The van der Waals surface area contributed by atoms with Crippen LogP contribution in [0.25, 0.3) is 0 Å². The van der Waals surface area contributed by atoms with Crippen LogP contribution in [0.4, 0.5) is 0 Å². The van der Waals surface area contributed by atoms with E-state index >= 15 is 0 Å². The highest BCUT2D eigenvalue weighted by Gasteiger charge is 1.96. The highest BCUT2D eigenvalue weighted by Crippen LogP contribution is 2.14. The van der Waals surface area contributed by atoms with Crippen LogP contribution in [0.15, 0.2) is 24.3 Å². The number of amidine groups is 1. The molecule has 1 rings (SSSR count). The summed E-state index contributed by atoms with van der Waals surface area (Å²) in [5, 5.41) is 7.09. The summed E-state index contributed by atoms with van der Waals surface area (Å²) in [6, 6.07) is 8.27. The third-order valence-electron chi connectivity index (χ3n) is 2.60. The van der Waals surface area contributed by atoms with Crippen molar-refractivity contribution in [3.05, 3.63) is 29.8 Å². The van der Waals surface area contributed by atoms with Crippen molar-refractivity contribution >= 4 is 5.84 Å². The lowest BCUT2D eigenvalue weighted by Gasteiger charge is -2.06. The van der Waals surface area contributed by atoms with E-state index < -0.39 is 0 Å². The first-order valence-corrected chi connectivity index (χ1v) is 6.27. The van der Waals surface area contributed by atoms with Gasteiger partial charge in [-0.1, -0.05) is 25.5 Å². The van der Waals surface area contributed by atoms with Gasteiger partial charge in [-0.05, 0) is 37.0 Å². The molecular weight excluding hydrogens is 212 g/mol. The minimum absolute atomic E-state index is 0.225. The van der Waals surface area contributed by atoms with Crippen LogP contribution < -0.4 is 10.5 Å². The number of hydrogen-bond donors (Lipinski definition) is 2. The van der Waals surface area contributed by atoms with E-state index in [1.807, 2.05) is 12.1 Å². The summed E-state index contributed by atoms with van der Waals surface area (Å²) in [6.07, 6.45) is 5.00. The highest BCUT2D eigenvalue weighted by molar-refractivity contribution is 5.76. The molecule has 3 heteroatoms. The molecule has 3 nitrogen and oxygen atoms in total. The minimum atomic E-state index is 0.225. The van der Waals surface area contributed by atoms with E-state index in [4.69, 9.17) is 15.9 Å². The molecule has 17 heavy (non-hydrogen) atoms. The Kier molecular flexibility index (Phi) is 6.15. The van der Waals surface area contributed by atoms with Crippen LogP contribution in [-0.2, 0) is 6.42 Å². The molecule has 0 atom stereocenters. The van der Waals surface area contributed by atoms with Gasteiger partial charge in [0.25, 0.3) is 0 Å². The molecule has 0 aromatic heterocycles. The Morgan fingerprint density at radius 1 is 1.24 bits per heavy atom. The van der Waals surface area contributed by atoms with Gasteiger partial charge in [0, 0.05) is 6.42 Å². The Morgan fingerprint density at radius 2 is 1.94 bits per heavy atom. The first-order chi connectivity index (χ1) is 8.22. The van der Waals surface area contributed by atoms with Gasteiger partial charge in [0.2, 0.25) is 0 Å². The molecule has 1 aromatic rings. The summed E-state index contributed by atoms with van der Waals surface area (Å²) in [7, 11) is 0. The van der Waals surface area contributed by atoms with Crippen LogP contribution in [0.5, 0.6) is 5.75 Å². The fourth-order valence-corrected chi connectivity index (χ4v) is 1.59. The van der Waals surface area contributed by atoms with E-state index in [9.17, 15) is 0 Å². The van der Waals surface area contributed by atoms with Gasteiger partial charge in [0.15, 0.2) is 0 Å². The van der Waals surface area contributed by atoms with E-state index in [2.05, 4.69) is 19.1 Å². The second kappa shape index (κ2) is 7.71. The molecule has 0 amide bonds. The molecule has 0 radical (unpaired) electrons. The Hall–Kier alpha value is -1.51. The third kappa shape index (κ3) is 5.95. The Bertz CT molecular complexity index is 333. The lowest BCUT2D eigenvalue weighted by molar-refractivity contribution is 0.313. The zero-order valence-electron chi connectivity index (χ0n) is 10.5. The van der Waals surface area contributed by atoms with E-state index in [0.717, 1.165) is 18.6 Å². The molecule has 0 spiro atoms. The van der Waals surface area contributed by atoms with Gasteiger partial charge in [-0.15, -0.1) is 0 Å². The number of aryl methyl sites for hydroxylation is 1. The molecule has 0 unspecified atom stereocenters. The van der Waals surface area contributed by atoms with Crippen LogP contribution in [-0.4, -0.2) is 12.4 Å². The van der Waals surface area contributed by atoms with Gasteiger partial charge in [-0.2, -0.15) is 0 Å². The first-order valence-electron chi connectivity index (χ1n) is 6.27. The van der Waals surface area contributed by atoms with Crippen molar-refractivity contribution in [3.8, 4) is 5.75 Å². The summed E-state index contributed by atoms with van der Waals surface area (Å²) in [4.78, 5) is 0. The molecule has 0 saturated carbocycles. The van der Waals surface area contributed by atoms with Crippen molar-refractivity contribution in [2.75, 3.05) is 6.61 Å². The average Bonchev–Trinajstić information content (AvgIpc) is 2.33. The Morgan fingerprint density at radius 3 is 2.53 bits per heavy atom. The number of benzene rings is 1. The SMILES string of the molecule is CCCCc1ccc(OCCCC(=N)N)cc1. The smallest absolute Gasteiger partial charge is 0.119 e. The quantitative estimate of drug-likeness (QED) is 0.412. The molecule has 0 aliphatic rings. The van der Waals surface area contributed by atoms with Crippen molar-refractivity contribution in [3.63, 3.8) is 0 Å². The number of unbranched alkanes of at least 4 members (excludes halogenated alkanes) is 1. The zero-order chi connectivity index (χ0) is 12.5. The maximum Gasteiger partial charge on any atom is 0.119 e. The van der Waals surface area contributed by atoms with Crippen molar-refractivity contribution in [1.82, 2.24) is 0 Å². The van der Waals surface area contributed by atoms with E-state index in [-0.39, 0.29) is 5.84 Å². The van der Waals surface area contributed by atoms with Crippen molar-refractivity contribution in [2.45, 2.75) is 39.0 Å². The number of hydrogen-bond acceptors (Lipinski definition) is 2. The van der Waals surface area contributed by atoms with Crippen LogP contribution in [0.1, 0.15) is 38.2 Å². The lowest BCUT2D eigenvalue weighted by Crippen LogP contribution is -2.10. The summed E-state index contributed by atoms with van der Waals surface area (Å²) in [5.74, 6) is 1.12. The van der Waals surface area contributed by atoms with Gasteiger partial charge in [-0.25, -0.2) is 0 Å². The molecule has 0 aliphatic carbocycles. The second-order valence-electron chi connectivity index (χ2n) is 4.22. The van der Waals surface area contributed by atoms with Crippen LogP contribution >= 0.6 is 0 Å². The van der Waals surface area contributed by atoms with Crippen molar-refractivity contribution < 1.29 is 4.74 Å². The molecule has 3 N–H and O–H groups in total. The summed E-state index contributed by atoms with van der Waals surface area (Å²) < 4.78 is 5.56. The van der Waals surface area contributed by atoms with E-state index in [0.29, 0.717) is 13.0 Å². The summed E-state index contributed by atoms with van der Waals surface area (Å²) in [5.41, 5.74) is 6.63. The molecular formula is C14H22N2O. The van der Waals surface area contributed by atoms with Crippen LogP contribution in [0, 0.1) is 5.41 Å². The number of ether oxygens (including phenoxy) is 1. The van der Waals surface area contributed by atoms with Crippen molar-refractivity contribution in [2.24, 2.45) is 5.73 Å². The predicted molar refractivity (Wildman–Crippen MR) is 71.7 cm³/mol. The number of nitrogens with two attached hydrogens (primary N) is 1. The fourth-order valence-electron chi connectivity index (χ4n) is 1.59. The minimum Gasteiger partial charge on any atom is -0.494 e. The average molecular weight is 234 g/mol. The predicted octanol–water partition coefficient (Wildman–Crippen LogP) is 3.12. The van der Waals surface area contributed by atoms with Gasteiger partial charge >= 0.3 is 0 Å². The number of rotatable bonds is 8. The maximum absolute atomic E-state index is 7.09. The van der Waals surface area contributed by atoms with Crippen LogP contribution in [0.3, 0.4) is 0 Å². The molecule has 0 heterocycles. The third-order valence-corrected chi connectivity index (χ3v) is 2.60. The van der Waals surface area contributed by atoms with Gasteiger partial charge in [-0.3, -0.25) is 5.41 Å². The van der Waals surface area contributed by atoms with Crippen LogP contribution in [0.2, 0.25) is 0 Å². The fraction of sp³-hybridized carbons (Fsp3) is 0.500. The van der Waals surface area contributed by atoms with E-state index in [1.54, 1.807) is 0 Å². The topological polar surface area (TPSA) is 59.1 Å². The normalized spacial score (nSPS) is 10.2. The molecule has 0 bridgehead atoms. The highest BCUT2D eigenvalue weighted by atomic mass is 16.5. The molecule has 0 saturated heterocycles. The Balaban J connectivity index is 2.27.